The summed E-state index contributed by atoms with van der Waals surface area (Å²) in [4.78, 5) is 0. The van der Waals surface area contributed by atoms with E-state index in [1.807, 2.05) is 0 Å². The minimum atomic E-state index is -0.0833. The molecular formula is HKLaO2. The van der Waals surface area contributed by atoms with E-state index in [4.69, 9.17) is 1.70 Å². The fourth-order valence-corrected chi connectivity index (χ4v) is 0. The fourth-order valence-electron chi connectivity index (χ4n) is 0. The second-order valence-electron chi connectivity index (χ2n) is 0. The maximum absolute atomic E-state index is 8.42. The molecule has 0 aliphatic carbocycles. The van der Waals surface area contributed by atoms with Crippen LogP contribution in [0.15, 0.2) is 0 Å². The van der Waals surface area contributed by atoms with E-state index in [2.05, 4.69) is 0 Å². The van der Waals surface area contributed by atoms with Crippen LogP contribution in [0.1, 0.15) is 0 Å². The summed E-state index contributed by atoms with van der Waals surface area (Å²) in [5, 5.41) is 0. The first-order valence-corrected chi connectivity index (χ1v) is 1.72. The second-order valence-corrected chi connectivity index (χ2v) is 0. The van der Waals surface area contributed by atoms with Crippen LogP contribution >= 0.6 is 0 Å². The Kier molecular flexibility index (Phi) is 70.1. The standard InChI is InChI=1S/K.La.H2O.O/h;;1H2;/q+1;;;/p-1. The predicted molar refractivity (Wildman–Crippen MR) is 2.62 cm³/mol. The number of hydrogen-bond acceptors (Lipinski definition) is 2. The Hall–Kier alpha value is 2.59. The summed E-state index contributed by atoms with van der Waals surface area (Å²) in [6.45, 7) is 0. The predicted octanol–water partition coefficient (Wildman–Crippen LogP) is -3.29. The molecule has 2 nitrogen and oxygen atoms in total. The van der Waals surface area contributed by atoms with Crippen LogP contribution in [-0.2, 0) is 1.70 Å². The van der Waals surface area contributed by atoms with Crippen LogP contribution in [-0.4, -0.2) is 5.48 Å². The summed E-state index contributed by atoms with van der Waals surface area (Å²) in [5.41, 5.74) is 0. The molecule has 0 saturated heterocycles. The first-order valence-electron chi connectivity index (χ1n) is 0.236. The molecule has 0 spiro atoms. The zero-order valence-electron chi connectivity index (χ0n) is 2.43. The van der Waals surface area contributed by atoms with E-state index < -0.39 is 0 Å². The number of rotatable bonds is 0. The van der Waals surface area contributed by atoms with Gasteiger partial charge in [0.05, 0.1) is 0 Å². The number of hydrogen-bond donors (Lipinski definition) is 0. The van der Waals surface area contributed by atoms with Gasteiger partial charge in [-0.25, -0.2) is 0 Å². The van der Waals surface area contributed by atoms with Gasteiger partial charge in [0.2, 0.25) is 0 Å². The molecule has 0 aromatic rings. The van der Waals surface area contributed by atoms with E-state index in [9.17, 15) is 0 Å². The Morgan fingerprint density at radius 3 is 1.25 bits per heavy atom. The summed E-state index contributed by atoms with van der Waals surface area (Å²) in [6, 6.07) is 0. The average Bonchev–Trinajstić information content (AvgIpc) is 1.00. The Bertz CT molecular complexity index is 6.00. The van der Waals surface area contributed by atoms with Crippen LogP contribution in [0.25, 0.3) is 0 Å². The van der Waals surface area contributed by atoms with Crippen LogP contribution in [0.2, 0.25) is 0 Å². The molecule has 4 heavy (non-hydrogen) atoms. The van der Waals surface area contributed by atoms with E-state index >= 15 is 0 Å². The van der Waals surface area contributed by atoms with Crippen molar-refractivity contribution in [3.8, 4) is 0 Å². The van der Waals surface area contributed by atoms with Gasteiger partial charge >= 0.3 is 86.9 Å². The molecule has 0 atom stereocenters. The van der Waals surface area contributed by atoms with Gasteiger partial charge in [-0.15, -0.1) is 0 Å². The summed E-state index contributed by atoms with van der Waals surface area (Å²) in [6.07, 6.45) is 0. The van der Waals surface area contributed by atoms with Crippen molar-refractivity contribution >= 4 is 0 Å². The van der Waals surface area contributed by atoms with Gasteiger partial charge in [0.15, 0.2) is 0 Å². The van der Waals surface area contributed by atoms with E-state index in [0.29, 0.717) is 0 Å². The van der Waals surface area contributed by atoms with Gasteiger partial charge in [-0.05, 0) is 0 Å². The van der Waals surface area contributed by atoms with Gasteiger partial charge in [0.25, 0.3) is 0 Å². The molecule has 0 fully saturated rings. The average molecular weight is 211 g/mol. The zero-order chi connectivity index (χ0) is 2.00. The summed E-state index contributed by atoms with van der Waals surface area (Å²) < 4.78 is 8.42. The quantitative estimate of drug-likeness (QED) is 0.394. The minimum absolute atomic E-state index is 0. The van der Waals surface area contributed by atoms with Crippen LogP contribution in [0.4, 0.5) is 0 Å². The molecule has 0 bridgehead atoms. The van der Waals surface area contributed by atoms with E-state index in [1.54, 1.807) is 0 Å². The van der Waals surface area contributed by atoms with Crippen molar-refractivity contribution in [2.75, 3.05) is 0 Å². The third-order valence-corrected chi connectivity index (χ3v) is 0. The molecule has 0 aliphatic heterocycles. The van der Waals surface area contributed by atoms with Crippen molar-refractivity contribution in [3.63, 3.8) is 0 Å². The molecule has 0 unspecified atom stereocenters. The summed E-state index contributed by atoms with van der Waals surface area (Å²) >= 11 is -0.0833. The molecule has 0 amide bonds. The maximum atomic E-state index is 8.42. The first kappa shape index (κ1) is 16.0. The van der Waals surface area contributed by atoms with Crippen molar-refractivity contribution in [1.29, 1.82) is 0 Å². The third-order valence-electron chi connectivity index (χ3n) is 0. The topological polar surface area (TPSA) is 47.1 Å². The van der Waals surface area contributed by atoms with Crippen molar-refractivity contribution in [2.45, 2.75) is 0 Å². The molecule has 0 saturated carbocycles. The normalized spacial score (nSPS) is 1.50. The Balaban J connectivity index is -0.00000000500. The molecule has 1 N–H and O–H groups in total. The van der Waals surface area contributed by atoms with Gasteiger partial charge in [0, 0.05) is 0 Å². The van der Waals surface area contributed by atoms with E-state index in [-0.39, 0.29) is 90.7 Å². The Labute approximate surface area is 89.8 Å². The monoisotopic (exact) mass is 211 g/mol. The molecule has 0 radical (unpaired) electrons. The third kappa shape index (κ3) is 8.82. The van der Waals surface area contributed by atoms with Gasteiger partial charge in [-0.3, -0.25) is 0 Å². The SMILES string of the molecule is [K+].[OH-].[O]=[La]. The molecule has 0 heterocycles. The Morgan fingerprint density at radius 1 is 1.25 bits per heavy atom. The molecule has 0 aromatic heterocycles. The molecule has 0 aliphatic rings. The van der Waals surface area contributed by atoms with E-state index in [1.165, 1.54) is 0 Å². The van der Waals surface area contributed by atoms with Gasteiger partial charge in [0.1, 0.15) is 0 Å². The van der Waals surface area contributed by atoms with Crippen molar-refractivity contribution < 1.29 is 92.4 Å². The van der Waals surface area contributed by atoms with Crippen LogP contribution in [0.3, 0.4) is 0 Å². The van der Waals surface area contributed by atoms with Crippen LogP contribution < -0.4 is 51.4 Å². The van der Waals surface area contributed by atoms with Crippen LogP contribution in [0.5, 0.6) is 0 Å². The van der Waals surface area contributed by atoms with Gasteiger partial charge in [-0.1, -0.05) is 0 Å². The van der Waals surface area contributed by atoms with Crippen LogP contribution in [0, 0.1) is 33.8 Å². The summed E-state index contributed by atoms with van der Waals surface area (Å²) in [5.74, 6) is 0. The molecule has 4 heteroatoms. The molecule has 0 aromatic carbocycles. The van der Waals surface area contributed by atoms with Crippen molar-refractivity contribution in [1.82, 2.24) is 0 Å². The van der Waals surface area contributed by atoms with Crippen molar-refractivity contribution in [3.05, 3.63) is 0 Å². The second kappa shape index (κ2) is 17.6. The Morgan fingerprint density at radius 2 is 1.25 bits per heavy atom. The van der Waals surface area contributed by atoms with Gasteiger partial charge in [-0.2, -0.15) is 0 Å². The molecule has 17 valence electrons. The summed E-state index contributed by atoms with van der Waals surface area (Å²) in [7, 11) is 0. The first-order chi connectivity index (χ1) is 1.00. The fraction of sp³-hybridized carbons (Fsp3) is 0. The van der Waals surface area contributed by atoms with E-state index in [0.717, 1.165) is 0 Å². The van der Waals surface area contributed by atoms with Gasteiger partial charge < -0.3 is 5.48 Å². The molecule has 0 rings (SSSR count). The van der Waals surface area contributed by atoms with Crippen molar-refractivity contribution in [2.24, 2.45) is 0 Å². The zero-order valence-corrected chi connectivity index (χ0v) is 9.18. The molecular weight excluding hydrogens is 210 g/mol.